The Kier molecular flexibility index (Phi) is 1.94. The first-order chi connectivity index (χ1) is 8.42. The molecule has 17 heavy (non-hydrogen) atoms. The van der Waals surface area contributed by atoms with Crippen LogP contribution in [0.3, 0.4) is 0 Å². The van der Waals surface area contributed by atoms with Crippen molar-refractivity contribution in [2.24, 2.45) is 11.8 Å². The zero-order valence-electron chi connectivity index (χ0n) is 9.56. The fourth-order valence-electron chi connectivity index (χ4n) is 2.95. The summed E-state index contributed by atoms with van der Waals surface area (Å²) in [5, 5.41) is 0. The molecule has 0 saturated carbocycles. The predicted octanol–water partition coefficient (Wildman–Crippen LogP) is 2.71. The average molecular weight is 226 g/mol. The number of rotatable bonds is 0. The maximum Gasteiger partial charge on any atom is 0.130 e. The zero-order valence-corrected chi connectivity index (χ0v) is 9.56. The Bertz CT molecular complexity index is 527. The quantitative estimate of drug-likeness (QED) is 0.677. The fraction of sp³-hybridized carbons (Fsp3) is 0.333. The van der Waals surface area contributed by atoms with E-state index in [1.54, 1.807) is 0 Å². The van der Waals surface area contributed by atoms with Crippen molar-refractivity contribution in [3.05, 3.63) is 53.3 Å². The molecule has 1 aliphatic carbocycles. The van der Waals surface area contributed by atoms with Gasteiger partial charge in [-0.2, -0.15) is 0 Å². The van der Waals surface area contributed by atoms with Gasteiger partial charge >= 0.3 is 0 Å². The van der Waals surface area contributed by atoms with E-state index in [1.165, 1.54) is 11.1 Å². The zero-order chi connectivity index (χ0) is 11.2. The largest absolute Gasteiger partial charge is 0.461 e. The Morgan fingerprint density at radius 1 is 1.12 bits per heavy atom. The molecule has 0 aromatic heterocycles. The molecule has 2 nitrogen and oxygen atoms in total. The lowest BCUT2D eigenvalue weighted by Gasteiger charge is -2.29. The van der Waals surface area contributed by atoms with Gasteiger partial charge in [0.05, 0.1) is 13.2 Å². The van der Waals surface area contributed by atoms with Gasteiger partial charge in [0.2, 0.25) is 0 Å². The summed E-state index contributed by atoms with van der Waals surface area (Å²) in [4.78, 5) is 0. The molecule has 86 valence electrons. The van der Waals surface area contributed by atoms with Gasteiger partial charge in [-0.25, -0.2) is 0 Å². The minimum atomic E-state index is 0.434. The number of hydrogen-bond donors (Lipinski definition) is 0. The molecule has 2 aliphatic heterocycles. The molecule has 0 spiro atoms. The third kappa shape index (κ3) is 1.37. The molecule has 1 aromatic carbocycles. The molecule has 2 unspecified atom stereocenters. The third-order valence-corrected chi connectivity index (χ3v) is 3.90. The standard InChI is InChI=1S/C15H14O2/c1-2-4-14-10(3-1)7-11-5-6-12-8-16-9-13(12)15(11)17-14/h1-6,12-13H,7-9H2. The molecule has 4 rings (SSSR count). The Morgan fingerprint density at radius 2 is 2.06 bits per heavy atom. The van der Waals surface area contributed by atoms with Crippen molar-refractivity contribution >= 4 is 0 Å². The minimum absolute atomic E-state index is 0.434. The van der Waals surface area contributed by atoms with Crippen molar-refractivity contribution in [3.8, 4) is 5.75 Å². The van der Waals surface area contributed by atoms with Gasteiger partial charge in [0.1, 0.15) is 11.5 Å². The molecule has 1 aromatic rings. The number of allylic oxidation sites excluding steroid dienone is 2. The van der Waals surface area contributed by atoms with Gasteiger partial charge in [-0.15, -0.1) is 0 Å². The molecular weight excluding hydrogens is 212 g/mol. The third-order valence-electron chi connectivity index (χ3n) is 3.90. The number of para-hydroxylation sites is 1. The van der Waals surface area contributed by atoms with Gasteiger partial charge in [-0.05, 0) is 17.2 Å². The highest BCUT2D eigenvalue weighted by molar-refractivity contribution is 5.46. The Balaban J connectivity index is 1.77. The van der Waals surface area contributed by atoms with Crippen LogP contribution >= 0.6 is 0 Å². The van der Waals surface area contributed by atoms with Gasteiger partial charge in [0.15, 0.2) is 0 Å². The van der Waals surface area contributed by atoms with Crippen LogP contribution in [-0.2, 0) is 11.2 Å². The highest BCUT2D eigenvalue weighted by Crippen LogP contribution is 2.41. The van der Waals surface area contributed by atoms with E-state index in [2.05, 4.69) is 30.4 Å². The van der Waals surface area contributed by atoms with Crippen LogP contribution in [0.1, 0.15) is 5.56 Å². The lowest BCUT2D eigenvalue weighted by atomic mass is 9.83. The summed E-state index contributed by atoms with van der Waals surface area (Å²) in [6, 6.07) is 8.31. The molecule has 1 fully saturated rings. The van der Waals surface area contributed by atoms with Gasteiger partial charge in [0, 0.05) is 18.3 Å². The second kappa shape index (κ2) is 3.47. The Hall–Kier alpha value is -1.54. The van der Waals surface area contributed by atoms with E-state index >= 15 is 0 Å². The van der Waals surface area contributed by atoms with E-state index in [1.807, 2.05) is 6.07 Å². The van der Waals surface area contributed by atoms with Crippen LogP contribution in [0.4, 0.5) is 0 Å². The van der Waals surface area contributed by atoms with Gasteiger partial charge in [-0.3, -0.25) is 0 Å². The lowest BCUT2D eigenvalue weighted by Crippen LogP contribution is -2.24. The minimum Gasteiger partial charge on any atom is -0.461 e. The maximum absolute atomic E-state index is 6.10. The summed E-state index contributed by atoms with van der Waals surface area (Å²) in [6.45, 7) is 1.64. The normalized spacial score (nSPS) is 29.4. The molecule has 1 saturated heterocycles. The molecule has 0 bridgehead atoms. The molecule has 2 heterocycles. The SMILES string of the molecule is C1=CC2COCC2C2=C1Cc1ccccc1O2. The lowest BCUT2D eigenvalue weighted by molar-refractivity contribution is 0.180. The molecule has 2 atom stereocenters. The number of ether oxygens (including phenoxy) is 2. The van der Waals surface area contributed by atoms with Crippen LogP contribution in [0.2, 0.25) is 0 Å². The van der Waals surface area contributed by atoms with Crippen molar-refractivity contribution in [1.82, 2.24) is 0 Å². The molecule has 2 heteroatoms. The molecular formula is C15H14O2. The van der Waals surface area contributed by atoms with Crippen LogP contribution in [0, 0.1) is 11.8 Å². The van der Waals surface area contributed by atoms with Gasteiger partial charge in [-0.1, -0.05) is 30.4 Å². The van der Waals surface area contributed by atoms with Crippen LogP contribution < -0.4 is 4.74 Å². The number of hydrogen-bond acceptors (Lipinski definition) is 2. The second-order valence-corrected chi connectivity index (χ2v) is 4.94. The van der Waals surface area contributed by atoms with Crippen molar-refractivity contribution < 1.29 is 9.47 Å². The van der Waals surface area contributed by atoms with Crippen LogP contribution in [0.25, 0.3) is 0 Å². The Morgan fingerprint density at radius 3 is 3.06 bits per heavy atom. The van der Waals surface area contributed by atoms with Crippen molar-refractivity contribution in [3.63, 3.8) is 0 Å². The van der Waals surface area contributed by atoms with E-state index in [4.69, 9.17) is 9.47 Å². The van der Waals surface area contributed by atoms with Crippen LogP contribution in [-0.4, -0.2) is 13.2 Å². The molecule has 3 aliphatic rings. The second-order valence-electron chi connectivity index (χ2n) is 4.94. The number of benzene rings is 1. The van der Waals surface area contributed by atoms with E-state index in [0.717, 1.165) is 31.1 Å². The first-order valence-electron chi connectivity index (χ1n) is 6.16. The molecule has 0 radical (unpaired) electrons. The average Bonchev–Trinajstić information content (AvgIpc) is 2.85. The monoisotopic (exact) mass is 226 g/mol. The summed E-state index contributed by atoms with van der Waals surface area (Å²) in [6.07, 6.45) is 5.50. The molecule has 0 amide bonds. The van der Waals surface area contributed by atoms with Crippen molar-refractivity contribution in [1.29, 1.82) is 0 Å². The highest BCUT2D eigenvalue weighted by atomic mass is 16.5. The summed E-state index contributed by atoms with van der Waals surface area (Å²) < 4.78 is 11.7. The fourth-order valence-corrected chi connectivity index (χ4v) is 2.95. The highest BCUT2D eigenvalue weighted by Gasteiger charge is 2.36. The summed E-state index contributed by atoms with van der Waals surface area (Å²) >= 11 is 0. The summed E-state index contributed by atoms with van der Waals surface area (Å²) in [7, 11) is 0. The van der Waals surface area contributed by atoms with Crippen molar-refractivity contribution in [2.45, 2.75) is 6.42 Å². The molecule has 0 N–H and O–H groups in total. The summed E-state index contributed by atoms with van der Waals surface area (Å²) in [5.74, 6) is 3.11. The summed E-state index contributed by atoms with van der Waals surface area (Å²) in [5.41, 5.74) is 2.61. The first-order valence-corrected chi connectivity index (χ1v) is 6.16. The van der Waals surface area contributed by atoms with Crippen LogP contribution in [0.15, 0.2) is 47.7 Å². The predicted molar refractivity (Wildman–Crippen MR) is 64.7 cm³/mol. The van der Waals surface area contributed by atoms with Gasteiger partial charge in [0.25, 0.3) is 0 Å². The number of fused-ring (bicyclic) bond motifs is 3. The van der Waals surface area contributed by atoms with E-state index < -0.39 is 0 Å². The van der Waals surface area contributed by atoms with E-state index in [-0.39, 0.29) is 0 Å². The Labute approximate surface area is 101 Å². The maximum atomic E-state index is 6.10. The smallest absolute Gasteiger partial charge is 0.130 e. The topological polar surface area (TPSA) is 18.5 Å². The van der Waals surface area contributed by atoms with Gasteiger partial charge < -0.3 is 9.47 Å². The van der Waals surface area contributed by atoms with Crippen LogP contribution in [0.5, 0.6) is 5.75 Å². The first kappa shape index (κ1) is 9.49. The van der Waals surface area contributed by atoms with E-state index in [0.29, 0.717) is 11.8 Å². The van der Waals surface area contributed by atoms with E-state index in [9.17, 15) is 0 Å². The van der Waals surface area contributed by atoms with Crippen molar-refractivity contribution in [2.75, 3.05) is 13.2 Å².